The van der Waals surface area contributed by atoms with Crippen LogP contribution in [0.4, 0.5) is 4.79 Å². The minimum atomic E-state index is -0.614. The molecule has 1 amide bonds. The summed E-state index contributed by atoms with van der Waals surface area (Å²) in [5.41, 5.74) is -0.561. The van der Waals surface area contributed by atoms with E-state index in [0.717, 1.165) is 0 Å². The summed E-state index contributed by atoms with van der Waals surface area (Å²) in [5.74, 6) is -0.400. The summed E-state index contributed by atoms with van der Waals surface area (Å²) in [6.45, 7) is 8.93. The van der Waals surface area contributed by atoms with Gasteiger partial charge < -0.3 is 14.8 Å². The van der Waals surface area contributed by atoms with Gasteiger partial charge in [0.05, 0.1) is 6.61 Å². The average molecular weight is 258 g/mol. The van der Waals surface area contributed by atoms with Gasteiger partial charge in [0.2, 0.25) is 0 Å². The highest BCUT2D eigenvalue weighted by atomic mass is 16.6. The molecule has 1 saturated heterocycles. The molecule has 0 aromatic carbocycles. The topological polar surface area (TPSA) is 67.9 Å². The number of piperazine rings is 1. The fourth-order valence-corrected chi connectivity index (χ4v) is 1.71. The Hall–Kier alpha value is -1.30. The Kier molecular flexibility index (Phi) is 4.95. The van der Waals surface area contributed by atoms with Crippen LogP contribution in [0.2, 0.25) is 0 Å². The van der Waals surface area contributed by atoms with Crippen LogP contribution >= 0.6 is 0 Å². The molecule has 1 rings (SSSR count). The number of carbonyl (C=O) groups is 2. The van der Waals surface area contributed by atoms with E-state index in [1.165, 1.54) is 4.90 Å². The summed E-state index contributed by atoms with van der Waals surface area (Å²) in [7, 11) is 0. The van der Waals surface area contributed by atoms with Crippen LogP contribution in [0.5, 0.6) is 0 Å². The molecule has 0 aromatic heterocycles. The predicted octanol–water partition coefficient (Wildman–Crippen LogP) is 0.758. The molecule has 1 unspecified atom stereocenters. The van der Waals surface area contributed by atoms with Crippen molar-refractivity contribution in [1.82, 2.24) is 10.2 Å². The van der Waals surface area contributed by atoms with Gasteiger partial charge in [0.25, 0.3) is 0 Å². The number of hydrogen-bond donors (Lipinski definition) is 1. The predicted molar refractivity (Wildman–Crippen MR) is 66.2 cm³/mol. The third-order valence-electron chi connectivity index (χ3n) is 2.42. The Labute approximate surface area is 108 Å². The molecule has 1 aliphatic heterocycles. The number of ether oxygens (including phenoxy) is 2. The molecule has 1 N–H and O–H groups in total. The summed E-state index contributed by atoms with van der Waals surface area (Å²) in [6, 6.07) is -0.614. The van der Waals surface area contributed by atoms with E-state index in [2.05, 4.69) is 5.32 Å². The Morgan fingerprint density at radius 2 is 2.06 bits per heavy atom. The zero-order valence-electron chi connectivity index (χ0n) is 11.5. The van der Waals surface area contributed by atoms with E-state index in [1.807, 2.05) is 0 Å². The van der Waals surface area contributed by atoms with Crippen molar-refractivity contribution < 1.29 is 19.1 Å². The van der Waals surface area contributed by atoms with E-state index < -0.39 is 23.7 Å². The van der Waals surface area contributed by atoms with E-state index in [1.54, 1.807) is 27.7 Å². The summed E-state index contributed by atoms with van der Waals surface area (Å²) >= 11 is 0. The number of hydrogen-bond acceptors (Lipinski definition) is 5. The lowest BCUT2D eigenvalue weighted by Crippen LogP contribution is -2.58. The molecule has 0 saturated carbocycles. The van der Waals surface area contributed by atoms with Gasteiger partial charge in [0.15, 0.2) is 0 Å². The van der Waals surface area contributed by atoms with Gasteiger partial charge in [-0.3, -0.25) is 4.90 Å². The van der Waals surface area contributed by atoms with Crippen molar-refractivity contribution in [1.29, 1.82) is 0 Å². The van der Waals surface area contributed by atoms with Gasteiger partial charge in [0.1, 0.15) is 11.6 Å². The smallest absolute Gasteiger partial charge is 0.410 e. The number of rotatable bonds is 2. The normalized spacial score (nSPS) is 20.4. The molecular formula is C12H22N2O4. The zero-order chi connectivity index (χ0) is 13.8. The third-order valence-corrected chi connectivity index (χ3v) is 2.42. The molecule has 18 heavy (non-hydrogen) atoms. The van der Waals surface area contributed by atoms with Crippen LogP contribution in [-0.4, -0.2) is 54.8 Å². The van der Waals surface area contributed by atoms with Crippen molar-refractivity contribution in [2.24, 2.45) is 0 Å². The van der Waals surface area contributed by atoms with Gasteiger partial charge in [-0.05, 0) is 27.7 Å². The van der Waals surface area contributed by atoms with Crippen LogP contribution in [0.15, 0.2) is 0 Å². The Balaban J connectivity index is 2.70. The van der Waals surface area contributed by atoms with Gasteiger partial charge in [-0.15, -0.1) is 0 Å². The largest absolute Gasteiger partial charge is 0.458 e. The van der Waals surface area contributed by atoms with E-state index in [-0.39, 0.29) is 0 Å². The second-order valence-electron chi connectivity index (χ2n) is 5.15. The number of nitrogens with zero attached hydrogens (tertiary/aromatic N) is 1. The molecule has 1 aliphatic rings. The van der Waals surface area contributed by atoms with Crippen LogP contribution in [0.1, 0.15) is 27.7 Å². The summed E-state index contributed by atoms with van der Waals surface area (Å²) in [6.07, 6.45) is -0.463. The lowest BCUT2D eigenvalue weighted by Gasteiger charge is -2.35. The molecule has 1 heterocycles. The molecular weight excluding hydrogens is 236 g/mol. The first-order valence-electron chi connectivity index (χ1n) is 6.22. The summed E-state index contributed by atoms with van der Waals surface area (Å²) < 4.78 is 10.3. The maximum atomic E-state index is 12.0. The van der Waals surface area contributed by atoms with Crippen molar-refractivity contribution in [2.75, 3.05) is 26.2 Å². The first kappa shape index (κ1) is 14.8. The van der Waals surface area contributed by atoms with Gasteiger partial charge in [-0.1, -0.05) is 0 Å². The van der Waals surface area contributed by atoms with Crippen LogP contribution in [0.25, 0.3) is 0 Å². The molecule has 6 nitrogen and oxygen atoms in total. The number of nitrogens with one attached hydrogen (secondary N) is 1. The Morgan fingerprint density at radius 1 is 1.39 bits per heavy atom. The monoisotopic (exact) mass is 258 g/mol. The van der Waals surface area contributed by atoms with Crippen LogP contribution < -0.4 is 5.32 Å². The number of esters is 1. The molecule has 0 spiro atoms. The van der Waals surface area contributed by atoms with Crippen LogP contribution in [-0.2, 0) is 14.3 Å². The molecule has 6 heteroatoms. The highest BCUT2D eigenvalue weighted by Crippen LogP contribution is 2.13. The maximum Gasteiger partial charge on any atom is 0.410 e. The van der Waals surface area contributed by atoms with E-state index in [0.29, 0.717) is 26.2 Å². The second kappa shape index (κ2) is 6.04. The van der Waals surface area contributed by atoms with Crippen LogP contribution in [0.3, 0.4) is 0 Å². The lowest BCUT2D eigenvalue weighted by molar-refractivity contribution is -0.161. The average Bonchev–Trinajstić information content (AvgIpc) is 2.27. The first-order valence-corrected chi connectivity index (χ1v) is 6.22. The number of carbonyl (C=O) groups excluding carboxylic acids is 2. The maximum absolute atomic E-state index is 12.0. The highest BCUT2D eigenvalue weighted by Gasteiger charge is 2.35. The van der Waals surface area contributed by atoms with E-state index in [4.69, 9.17) is 9.47 Å². The van der Waals surface area contributed by atoms with Crippen molar-refractivity contribution in [3.63, 3.8) is 0 Å². The highest BCUT2D eigenvalue weighted by molar-refractivity contribution is 5.82. The quantitative estimate of drug-likeness (QED) is 0.741. The third kappa shape index (κ3) is 4.18. The van der Waals surface area contributed by atoms with Crippen molar-refractivity contribution >= 4 is 12.1 Å². The molecule has 0 radical (unpaired) electrons. The fourth-order valence-electron chi connectivity index (χ4n) is 1.71. The van der Waals surface area contributed by atoms with Gasteiger partial charge in [0, 0.05) is 19.6 Å². The fraction of sp³-hybridized carbons (Fsp3) is 0.833. The first-order chi connectivity index (χ1) is 8.35. The van der Waals surface area contributed by atoms with Crippen molar-refractivity contribution in [3.05, 3.63) is 0 Å². The Bertz CT molecular complexity index is 312. The van der Waals surface area contributed by atoms with E-state index in [9.17, 15) is 9.59 Å². The van der Waals surface area contributed by atoms with Crippen LogP contribution in [0, 0.1) is 0 Å². The van der Waals surface area contributed by atoms with Gasteiger partial charge >= 0.3 is 12.1 Å². The molecule has 1 fully saturated rings. The molecule has 0 aliphatic carbocycles. The molecule has 1 atom stereocenters. The molecule has 0 bridgehead atoms. The summed E-state index contributed by atoms with van der Waals surface area (Å²) in [4.78, 5) is 25.2. The van der Waals surface area contributed by atoms with Gasteiger partial charge in [-0.25, -0.2) is 9.59 Å². The standard InChI is InChI=1S/C12H22N2O4/c1-5-17-11(16)14-7-6-13-8-9(14)10(15)18-12(2,3)4/h9,13H,5-8H2,1-4H3. The minimum absolute atomic E-state index is 0.295. The lowest BCUT2D eigenvalue weighted by atomic mass is 10.1. The number of amides is 1. The molecule has 0 aromatic rings. The summed E-state index contributed by atoms with van der Waals surface area (Å²) in [5, 5.41) is 3.08. The van der Waals surface area contributed by atoms with Crippen molar-refractivity contribution in [2.45, 2.75) is 39.3 Å². The van der Waals surface area contributed by atoms with Gasteiger partial charge in [-0.2, -0.15) is 0 Å². The minimum Gasteiger partial charge on any atom is -0.458 e. The SMILES string of the molecule is CCOC(=O)N1CCNCC1C(=O)OC(C)(C)C. The zero-order valence-corrected chi connectivity index (χ0v) is 11.5. The van der Waals surface area contributed by atoms with Crippen molar-refractivity contribution in [3.8, 4) is 0 Å². The molecule has 104 valence electrons. The second-order valence-corrected chi connectivity index (χ2v) is 5.15. The Morgan fingerprint density at radius 3 is 2.61 bits per heavy atom. The van der Waals surface area contributed by atoms with E-state index >= 15 is 0 Å².